The predicted molar refractivity (Wildman–Crippen MR) is 82.7 cm³/mol. The van der Waals surface area contributed by atoms with Crippen LogP contribution in [0.5, 0.6) is 0 Å². The SMILES string of the molecule is CNC(C)c1ccc(SCCc2cccs2)cc1. The number of thioether (sulfide) groups is 1. The Morgan fingerprint density at radius 2 is 2.00 bits per heavy atom. The second-order valence-electron chi connectivity index (χ2n) is 4.26. The van der Waals surface area contributed by atoms with Crippen LogP contribution in [0, 0.1) is 0 Å². The number of hydrogen-bond acceptors (Lipinski definition) is 3. The third-order valence-corrected chi connectivity index (χ3v) is 4.96. The highest BCUT2D eigenvalue weighted by Crippen LogP contribution is 2.22. The summed E-state index contributed by atoms with van der Waals surface area (Å²) < 4.78 is 0. The Morgan fingerprint density at radius 1 is 1.22 bits per heavy atom. The maximum absolute atomic E-state index is 3.26. The fraction of sp³-hybridized carbons (Fsp3) is 0.333. The Labute approximate surface area is 118 Å². The first-order chi connectivity index (χ1) is 8.79. The van der Waals surface area contributed by atoms with Gasteiger partial charge in [-0.25, -0.2) is 0 Å². The summed E-state index contributed by atoms with van der Waals surface area (Å²) in [5, 5.41) is 5.40. The lowest BCUT2D eigenvalue weighted by Crippen LogP contribution is -2.11. The first-order valence-corrected chi connectivity index (χ1v) is 8.08. The zero-order valence-corrected chi connectivity index (χ0v) is 12.5. The molecule has 0 fully saturated rings. The van der Waals surface area contributed by atoms with Gasteiger partial charge in [-0.1, -0.05) is 18.2 Å². The molecule has 1 heterocycles. The lowest BCUT2D eigenvalue weighted by atomic mass is 10.1. The van der Waals surface area contributed by atoms with Crippen molar-refractivity contribution in [2.45, 2.75) is 24.3 Å². The summed E-state index contributed by atoms with van der Waals surface area (Å²) >= 11 is 3.78. The summed E-state index contributed by atoms with van der Waals surface area (Å²) in [7, 11) is 1.99. The molecule has 1 atom stereocenters. The Kier molecular flexibility index (Phi) is 5.29. The number of aryl methyl sites for hydroxylation is 1. The maximum Gasteiger partial charge on any atom is 0.0289 e. The molecule has 0 amide bonds. The van der Waals surface area contributed by atoms with E-state index in [0.29, 0.717) is 6.04 Å². The number of nitrogens with one attached hydrogen (secondary N) is 1. The molecule has 0 saturated heterocycles. The van der Waals surface area contributed by atoms with Gasteiger partial charge in [0.25, 0.3) is 0 Å². The molecule has 0 aliphatic carbocycles. The van der Waals surface area contributed by atoms with Crippen LogP contribution in [0.4, 0.5) is 0 Å². The summed E-state index contributed by atoms with van der Waals surface area (Å²) in [6.07, 6.45) is 1.16. The Morgan fingerprint density at radius 3 is 2.61 bits per heavy atom. The molecule has 18 heavy (non-hydrogen) atoms. The van der Waals surface area contributed by atoms with Gasteiger partial charge in [-0.05, 0) is 49.5 Å². The normalized spacial score (nSPS) is 12.6. The van der Waals surface area contributed by atoms with Gasteiger partial charge in [0, 0.05) is 21.6 Å². The molecular formula is C15H19NS2. The highest BCUT2D eigenvalue weighted by molar-refractivity contribution is 7.99. The van der Waals surface area contributed by atoms with Crippen LogP contribution >= 0.6 is 23.1 Å². The van der Waals surface area contributed by atoms with Crippen molar-refractivity contribution in [3.8, 4) is 0 Å². The molecule has 0 spiro atoms. The first-order valence-electron chi connectivity index (χ1n) is 6.22. The van der Waals surface area contributed by atoms with Crippen molar-refractivity contribution in [1.29, 1.82) is 0 Å². The fourth-order valence-electron chi connectivity index (χ4n) is 1.74. The van der Waals surface area contributed by atoms with Crippen LogP contribution in [-0.2, 0) is 6.42 Å². The van der Waals surface area contributed by atoms with Crippen LogP contribution in [-0.4, -0.2) is 12.8 Å². The first kappa shape index (κ1) is 13.7. The molecule has 3 heteroatoms. The van der Waals surface area contributed by atoms with Crippen molar-refractivity contribution >= 4 is 23.1 Å². The molecule has 1 nitrogen and oxygen atoms in total. The van der Waals surface area contributed by atoms with Crippen LogP contribution < -0.4 is 5.32 Å². The number of thiophene rings is 1. The zero-order valence-electron chi connectivity index (χ0n) is 10.8. The molecule has 0 aliphatic rings. The van der Waals surface area contributed by atoms with Crippen molar-refractivity contribution in [2.75, 3.05) is 12.8 Å². The van der Waals surface area contributed by atoms with Crippen molar-refractivity contribution in [2.24, 2.45) is 0 Å². The topological polar surface area (TPSA) is 12.0 Å². The highest BCUT2D eigenvalue weighted by Gasteiger charge is 2.02. The lowest BCUT2D eigenvalue weighted by molar-refractivity contribution is 0.652. The van der Waals surface area contributed by atoms with Crippen molar-refractivity contribution in [1.82, 2.24) is 5.32 Å². The molecule has 0 aliphatic heterocycles. The van der Waals surface area contributed by atoms with E-state index in [1.165, 1.54) is 15.3 Å². The third-order valence-electron chi connectivity index (χ3n) is 3.01. The van der Waals surface area contributed by atoms with E-state index in [4.69, 9.17) is 0 Å². The minimum Gasteiger partial charge on any atom is -0.313 e. The second-order valence-corrected chi connectivity index (χ2v) is 6.46. The molecule has 1 N–H and O–H groups in total. The van der Waals surface area contributed by atoms with Gasteiger partial charge in [-0.3, -0.25) is 0 Å². The summed E-state index contributed by atoms with van der Waals surface area (Å²) in [4.78, 5) is 2.83. The maximum atomic E-state index is 3.26. The minimum atomic E-state index is 0.426. The van der Waals surface area contributed by atoms with E-state index in [1.54, 1.807) is 0 Å². The van der Waals surface area contributed by atoms with E-state index in [2.05, 4.69) is 54.0 Å². The summed E-state index contributed by atoms with van der Waals surface area (Å²) in [5.74, 6) is 1.15. The Hall–Kier alpha value is -0.770. The zero-order chi connectivity index (χ0) is 12.8. The molecule has 0 saturated carbocycles. The largest absolute Gasteiger partial charge is 0.313 e. The van der Waals surface area contributed by atoms with Crippen molar-refractivity contribution in [3.05, 3.63) is 52.2 Å². The van der Waals surface area contributed by atoms with E-state index in [9.17, 15) is 0 Å². The van der Waals surface area contributed by atoms with E-state index < -0.39 is 0 Å². The van der Waals surface area contributed by atoms with Crippen LogP contribution in [0.1, 0.15) is 23.4 Å². The van der Waals surface area contributed by atoms with Crippen molar-refractivity contribution in [3.63, 3.8) is 0 Å². The highest BCUT2D eigenvalue weighted by atomic mass is 32.2. The van der Waals surface area contributed by atoms with Gasteiger partial charge in [0.1, 0.15) is 0 Å². The van der Waals surface area contributed by atoms with Gasteiger partial charge in [0.05, 0.1) is 0 Å². The molecule has 1 aromatic heterocycles. The quantitative estimate of drug-likeness (QED) is 0.787. The average molecular weight is 277 g/mol. The van der Waals surface area contributed by atoms with Crippen molar-refractivity contribution < 1.29 is 0 Å². The second kappa shape index (κ2) is 6.98. The van der Waals surface area contributed by atoms with E-state index >= 15 is 0 Å². The lowest BCUT2D eigenvalue weighted by Gasteiger charge is -2.10. The van der Waals surface area contributed by atoms with E-state index in [-0.39, 0.29) is 0 Å². The van der Waals surface area contributed by atoms with Gasteiger partial charge in [-0.2, -0.15) is 0 Å². The molecular weight excluding hydrogens is 258 g/mol. The van der Waals surface area contributed by atoms with Gasteiger partial charge < -0.3 is 5.32 Å². The Bertz CT molecular complexity index is 448. The van der Waals surface area contributed by atoms with Crippen LogP contribution in [0.15, 0.2) is 46.7 Å². The monoisotopic (exact) mass is 277 g/mol. The fourth-order valence-corrected chi connectivity index (χ4v) is 3.47. The van der Waals surface area contributed by atoms with E-state index in [0.717, 1.165) is 12.2 Å². The van der Waals surface area contributed by atoms with Gasteiger partial charge >= 0.3 is 0 Å². The van der Waals surface area contributed by atoms with Gasteiger partial charge in [-0.15, -0.1) is 23.1 Å². The predicted octanol–water partition coefficient (Wildman–Crippen LogP) is 4.36. The van der Waals surface area contributed by atoms with Crippen LogP contribution in [0.25, 0.3) is 0 Å². The van der Waals surface area contributed by atoms with Gasteiger partial charge in [0.2, 0.25) is 0 Å². The molecule has 0 radical (unpaired) electrons. The molecule has 2 rings (SSSR count). The third kappa shape index (κ3) is 3.87. The number of benzene rings is 1. The van der Waals surface area contributed by atoms with Gasteiger partial charge in [0.15, 0.2) is 0 Å². The van der Waals surface area contributed by atoms with Crippen LogP contribution in [0.3, 0.4) is 0 Å². The molecule has 1 unspecified atom stereocenters. The van der Waals surface area contributed by atoms with Crippen LogP contribution in [0.2, 0.25) is 0 Å². The molecule has 2 aromatic rings. The molecule has 0 bridgehead atoms. The standard InChI is InChI=1S/C15H19NS2/c1-12(16-2)13-5-7-15(8-6-13)18-11-9-14-4-3-10-17-14/h3-8,10,12,16H,9,11H2,1-2H3. The summed E-state index contributed by atoms with van der Waals surface area (Å²) in [5.41, 5.74) is 1.35. The number of rotatable bonds is 6. The number of hydrogen-bond donors (Lipinski definition) is 1. The Balaban J connectivity index is 1.83. The average Bonchev–Trinajstić information content (AvgIpc) is 2.92. The summed E-state index contributed by atoms with van der Waals surface area (Å²) in [6.45, 7) is 2.18. The van der Waals surface area contributed by atoms with E-state index in [1.807, 2.05) is 30.1 Å². The molecule has 1 aromatic carbocycles. The minimum absolute atomic E-state index is 0.426. The summed E-state index contributed by atoms with van der Waals surface area (Å²) in [6, 6.07) is 13.6. The molecule has 96 valence electrons. The smallest absolute Gasteiger partial charge is 0.0289 e.